The van der Waals surface area contributed by atoms with Gasteiger partial charge in [0.1, 0.15) is 0 Å². The minimum Gasteiger partial charge on any atom is -0.381 e. The molecule has 5 nitrogen and oxygen atoms in total. The second-order valence-electron chi connectivity index (χ2n) is 6.48. The fourth-order valence-corrected chi connectivity index (χ4v) is 3.59. The Morgan fingerprint density at radius 3 is 3.00 bits per heavy atom. The number of carbonyl (C=O) groups excluding carboxylic acids is 1. The molecule has 23 heavy (non-hydrogen) atoms. The molecule has 2 heterocycles. The Balaban J connectivity index is 1.73. The molecular formula is C18H27N3O2. The van der Waals surface area contributed by atoms with E-state index in [4.69, 9.17) is 4.74 Å². The third kappa shape index (κ3) is 4.10. The van der Waals surface area contributed by atoms with Crippen LogP contribution in [0, 0.1) is 5.92 Å². The lowest BCUT2D eigenvalue weighted by molar-refractivity contribution is 0.0408. The molecule has 1 atom stereocenters. The van der Waals surface area contributed by atoms with Crippen LogP contribution in [0.3, 0.4) is 0 Å². The maximum Gasteiger partial charge on any atom is 0.251 e. The summed E-state index contributed by atoms with van der Waals surface area (Å²) in [6, 6.07) is 8.38. The Morgan fingerprint density at radius 1 is 1.39 bits per heavy atom. The highest BCUT2D eigenvalue weighted by Crippen LogP contribution is 2.26. The van der Waals surface area contributed by atoms with Crippen molar-refractivity contribution in [3.05, 3.63) is 35.4 Å². The molecule has 3 rings (SSSR count). The molecule has 5 heteroatoms. The molecule has 0 spiro atoms. The van der Waals surface area contributed by atoms with E-state index in [0.29, 0.717) is 6.04 Å². The number of benzene rings is 1. The van der Waals surface area contributed by atoms with Crippen molar-refractivity contribution < 1.29 is 9.53 Å². The van der Waals surface area contributed by atoms with Crippen molar-refractivity contribution in [1.82, 2.24) is 15.5 Å². The van der Waals surface area contributed by atoms with E-state index in [1.807, 2.05) is 18.2 Å². The molecular weight excluding hydrogens is 290 g/mol. The topological polar surface area (TPSA) is 53.6 Å². The Labute approximate surface area is 138 Å². The van der Waals surface area contributed by atoms with Gasteiger partial charge >= 0.3 is 0 Å². The lowest BCUT2D eigenvalue weighted by atomic mass is 9.95. The lowest BCUT2D eigenvalue weighted by Crippen LogP contribution is -2.48. The van der Waals surface area contributed by atoms with E-state index in [1.165, 1.54) is 5.56 Å². The molecule has 2 N–H and O–H groups in total. The number of hydrogen-bond acceptors (Lipinski definition) is 4. The molecule has 0 unspecified atom stereocenters. The Morgan fingerprint density at radius 2 is 2.22 bits per heavy atom. The van der Waals surface area contributed by atoms with E-state index in [2.05, 4.69) is 21.6 Å². The van der Waals surface area contributed by atoms with Crippen LogP contribution in [0.2, 0.25) is 0 Å². The molecule has 0 saturated carbocycles. The summed E-state index contributed by atoms with van der Waals surface area (Å²) in [5.41, 5.74) is 1.96. The van der Waals surface area contributed by atoms with Crippen LogP contribution in [0.25, 0.3) is 0 Å². The standard InChI is InChI=1S/C18H27N3O2/c1-19-18(22)16-4-2-3-15(11-16)17-12-20-7-8-21(17)13-14-5-9-23-10-6-14/h2-4,11,14,17,20H,5-10,12-13H2,1H3,(H,19,22)/t17-/m0/s1. The number of ether oxygens (including phenoxy) is 1. The van der Waals surface area contributed by atoms with Crippen LogP contribution in [0.5, 0.6) is 0 Å². The molecule has 0 aliphatic carbocycles. The summed E-state index contributed by atoms with van der Waals surface area (Å²) in [5, 5.41) is 6.20. The molecule has 2 saturated heterocycles. The zero-order valence-corrected chi connectivity index (χ0v) is 13.9. The van der Waals surface area contributed by atoms with Gasteiger partial charge in [0.15, 0.2) is 0 Å². The highest BCUT2D eigenvalue weighted by Gasteiger charge is 2.27. The third-order valence-corrected chi connectivity index (χ3v) is 4.95. The predicted molar refractivity (Wildman–Crippen MR) is 90.6 cm³/mol. The maximum absolute atomic E-state index is 11.9. The summed E-state index contributed by atoms with van der Waals surface area (Å²) in [7, 11) is 1.68. The first kappa shape index (κ1) is 16.4. The SMILES string of the molecule is CNC(=O)c1cccc([C@@H]2CNCCN2CC2CCOCC2)c1. The van der Waals surface area contributed by atoms with Gasteiger partial charge in [-0.05, 0) is 36.5 Å². The third-order valence-electron chi connectivity index (χ3n) is 4.95. The first-order valence-electron chi connectivity index (χ1n) is 8.62. The Kier molecular flexibility index (Phi) is 5.65. The summed E-state index contributed by atoms with van der Waals surface area (Å²) in [6.07, 6.45) is 2.32. The van der Waals surface area contributed by atoms with Crippen LogP contribution in [-0.4, -0.2) is 57.2 Å². The highest BCUT2D eigenvalue weighted by atomic mass is 16.5. The van der Waals surface area contributed by atoms with Crippen LogP contribution in [-0.2, 0) is 4.74 Å². The van der Waals surface area contributed by atoms with Crippen LogP contribution >= 0.6 is 0 Å². The number of rotatable bonds is 4. The number of hydrogen-bond donors (Lipinski definition) is 2. The second-order valence-corrected chi connectivity index (χ2v) is 6.48. The fraction of sp³-hybridized carbons (Fsp3) is 0.611. The van der Waals surface area contributed by atoms with E-state index in [1.54, 1.807) is 7.05 Å². The van der Waals surface area contributed by atoms with Gasteiger partial charge in [0.2, 0.25) is 0 Å². The molecule has 0 radical (unpaired) electrons. The quantitative estimate of drug-likeness (QED) is 0.882. The summed E-state index contributed by atoms with van der Waals surface area (Å²) in [5.74, 6) is 0.707. The number of carbonyl (C=O) groups is 1. The van der Waals surface area contributed by atoms with E-state index < -0.39 is 0 Å². The normalized spacial score (nSPS) is 23.6. The molecule has 1 aromatic carbocycles. The summed E-state index contributed by atoms with van der Waals surface area (Å²) in [6.45, 7) is 5.96. The fourth-order valence-electron chi connectivity index (χ4n) is 3.59. The molecule has 0 bridgehead atoms. The van der Waals surface area contributed by atoms with E-state index in [9.17, 15) is 4.79 Å². The number of nitrogens with zero attached hydrogens (tertiary/aromatic N) is 1. The molecule has 1 amide bonds. The van der Waals surface area contributed by atoms with Gasteiger partial charge in [-0.1, -0.05) is 12.1 Å². The molecule has 0 aromatic heterocycles. The van der Waals surface area contributed by atoms with Crippen molar-refractivity contribution >= 4 is 5.91 Å². The van der Waals surface area contributed by atoms with Gasteiger partial charge in [-0.2, -0.15) is 0 Å². The van der Waals surface area contributed by atoms with Crippen molar-refractivity contribution in [2.75, 3.05) is 46.4 Å². The number of piperazine rings is 1. The summed E-state index contributed by atoms with van der Waals surface area (Å²) >= 11 is 0. The van der Waals surface area contributed by atoms with Gasteiger partial charge in [0, 0.05) is 58.0 Å². The molecule has 2 aliphatic rings. The first-order valence-corrected chi connectivity index (χ1v) is 8.62. The van der Waals surface area contributed by atoms with Crippen molar-refractivity contribution in [2.24, 2.45) is 5.92 Å². The van der Waals surface area contributed by atoms with Gasteiger partial charge in [0.05, 0.1) is 0 Å². The minimum atomic E-state index is -0.0217. The minimum absolute atomic E-state index is 0.0217. The molecule has 2 aliphatic heterocycles. The van der Waals surface area contributed by atoms with Crippen molar-refractivity contribution in [3.63, 3.8) is 0 Å². The van der Waals surface area contributed by atoms with Gasteiger partial charge in [-0.15, -0.1) is 0 Å². The smallest absolute Gasteiger partial charge is 0.251 e. The van der Waals surface area contributed by atoms with Gasteiger partial charge in [-0.3, -0.25) is 9.69 Å². The Bertz CT molecular complexity index is 529. The second kappa shape index (κ2) is 7.90. The number of nitrogens with one attached hydrogen (secondary N) is 2. The van der Waals surface area contributed by atoms with Crippen LogP contribution in [0.15, 0.2) is 24.3 Å². The highest BCUT2D eigenvalue weighted by molar-refractivity contribution is 5.94. The average molecular weight is 317 g/mol. The predicted octanol–water partition coefficient (Wildman–Crippen LogP) is 1.42. The summed E-state index contributed by atoms with van der Waals surface area (Å²) < 4.78 is 5.48. The molecule has 126 valence electrons. The first-order chi connectivity index (χ1) is 11.3. The van der Waals surface area contributed by atoms with Crippen molar-refractivity contribution in [1.29, 1.82) is 0 Å². The molecule has 2 fully saturated rings. The largest absolute Gasteiger partial charge is 0.381 e. The van der Waals surface area contributed by atoms with Gasteiger partial charge in [-0.25, -0.2) is 0 Å². The zero-order valence-electron chi connectivity index (χ0n) is 13.9. The van der Waals surface area contributed by atoms with E-state index in [-0.39, 0.29) is 5.91 Å². The van der Waals surface area contributed by atoms with Crippen LogP contribution < -0.4 is 10.6 Å². The lowest BCUT2D eigenvalue weighted by Gasteiger charge is -2.39. The van der Waals surface area contributed by atoms with Crippen molar-refractivity contribution in [3.8, 4) is 0 Å². The van der Waals surface area contributed by atoms with Crippen molar-refractivity contribution in [2.45, 2.75) is 18.9 Å². The van der Waals surface area contributed by atoms with Gasteiger partial charge in [0.25, 0.3) is 5.91 Å². The van der Waals surface area contributed by atoms with E-state index in [0.717, 1.165) is 63.7 Å². The van der Waals surface area contributed by atoms with Gasteiger partial charge < -0.3 is 15.4 Å². The average Bonchev–Trinajstić information content (AvgIpc) is 2.62. The van der Waals surface area contributed by atoms with Crippen LogP contribution in [0.1, 0.15) is 34.8 Å². The summed E-state index contributed by atoms with van der Waals surface area (Å²) in [4.78, 5) is 14.5. The maximum atomic E-state index is 11.9. The van der Waals surface area contributed by atoms with Crippen LogP contribution in [0.4, 0.5) is 0 Å². The Hall–Kier alpha value is -1.43. The number of amides is 1. The monoisotopic (exact) mass is 317 g/mol. The zero-order chi connectivity index (χ0) is 16.1. The van der Waals surface area contributed by atoms with E-state index >= 15 is 0 Å². The molecule has 1 aromatic rings.